The first-order chi connectivity index (χ1) is 56.5. The molecule has 3 spiro atoms. The minimum Gasteiger partial charge on any atom is -0.504 e. The number of likely N-dealkylation sites (tertiary alicyclic amines) is 3. The highest BCUT2D eigenvalue weighted by Crippen LogP contribution is 2.69. The van der Waals surface area contributed by atoms with E-state index in [0.29, 0.717) is 63.7 Å². The van der Waals surface area contributed by atoms with E-state index >= 15 is 0 Å². The van der Waals surface area contributed by atoms with Crippen LogP contribution in [-0.2, 0) is 131 Å². The van der Waals surface area contributed by atoms with Gasteiger partial charge < -0.3 is 118 Å². The highest BCUT2D eigenvalue weighted by molar-refractivity contribution is 5.92. The van der Waals surface area contributed by atoms with Crippen molar-refractivity contribution in [1.82, 2.24) is 20.0 Å². The average molecular weight is 1680 g/mol. The van der Waals surface area contributed by atoms with Gasteiger partial charge in [0.2, 0.25) is 6.10 Å². The van der Waals surface area contributed by atoms with Crippen LogP contribution in [0.15, 0.2) is 71.9 Å². The molecule has 12 aliphatic rings. The molecule has 6 aliphatic heterocycles. The van der Waals surface area contributed by atoms with Crippen molar-refractivity contribution in [2.45, 2.75) is 250 Å². The number of carboxylic acids is 2. The summed E-state index contributed by atoms with van der Waals surface area (Å²) in [5, 5.41) is 109. The molecular formula is C83H96N4O33. The van der Waals surface area contributed by atoms with Crippen molar-refractivity contribution in [3.05, 3.63) is 105 Å². The molecule has 19 atom stereocenters. The lowest BCUT2D eigenvalue weighted by atomic mass is 9.50. The van der Waals surface area contributed by atoms with Gasteiger partial charge in [0.1, 0.15) is 23.1 Å². The summed E-state index contributed by atoms with van der Waals surface area (Å²) in [5.41, 5.74) is -1.61. The van der Waals surface area contributed by atoms with Crippen molar-refractivity contribution in [3.63, 3.8) is 0 Å². The van der Waals surface area contributed by atoms with Crippen molar-refractivity contribution in [1.29, 1.82) is 0 Å². The number of likely N-dealkylation sites (N-methyl/N-ethyl adjacent to an activating group) is 3. The maximum Gasteiger partial charge on any atom is 0.348 e. The van der Waals surface area contributed by atoms with Crippen LogP contribution < -0.4 is 19.5 Å². The van der Waals surface area contributed by atoms with Crippen LogP contribution >= 0.6 is 0 Å². The van der Waals surface area contributed by atoms with Gasteiger partial charge in [-0.05, 0) is 174 Å². The summed E-state index contributed by atoms with van der Waals surface area (Å²) >= 11 is 0. The van der Waals surface area contributed by atoms with Gasteiger partial charge in [-0.3, -0.25) is 43.2 Å². The standard InChI is InChI=1S/C29H33NO12.C28H34N2O10.C26H29NO11/c1-14(31)12-19(26(35)36)41-27(37)15(2)39-21(33)6-7-22(34)40-18-8-9-29(38)20-13-16-4-5-17(32)24-23(16)28(29,25(18)42-24)10-11-30(20)3;1-13(14(2)31)29-25(35)15(3)38-21(34)12-18(33)26(36)39-19-7-8-28(37)20-11-16-5-6-17(32)23-22(16)27(28,24(19)40-23)9-10-30(20)4;1-12(28)17(11-19(31)32)36-20(33)10-15(30)24(34)37-16-5-6-26(35)18-9-13-3-4-14(29)22-21(13)25(26,23(16)38-22)7-8-27(18)2/h4-5,8,15,19-20,25,32,38H,6-7,9-13H2,1-3H3,(H,35,36);5-7,13,15,18,20,24,32-33,37H,8-12H2,1-4H3,(H,29,35);3-5,15,17-18,23,29-30,35H,6-11H2,1-2H3,(H,31,32)/t15-,19-,20+,25-,28-,29+;13-,15-,18-,20+,24-,27-,28+;15-,17-,18+,23-,25-,26+/m000/s1. The van der Waals surface area contributed by atoms with Gasteiger partial charge in [-0.25, -0.2) is 19.2 Å². The van der Waals surface area contributed by atoms with Crippen LogP contribution in [0.2, 0.25) is 0 Å². The second-order valence-electron chi connectivity index (χ2n) is 33.0. The van der Waals surface area contributed by atoms with Gasteiger partial charge in [0.05, 0.1) is 77.6 Å². The van der Waals surface area contributed by atoms with E-state index in [-0.39, 0.29) is 94.9 Å². The lowest BCUT2D eigenvalue weighted by molar-refractivity contribution is -0.177. The molecule has 0 unspecified atom stereocenters. The molecule has 3 aromatic carbocycles. The minimum absolute atomic E-state index is 0.0475. The van der Waals surface area contributed by atoms with Crippen molar-refractivity contribution >= 4 is 77.0 Å². The Morgan fingerprint density at radius 2 is 0.842 bits per heavy atom. The Hall–Kier alpha value is -10.9. The zero-order valence-electron chi connectivity index (χ0n) is 67.1. The predicted octanol–water partition coefficient (Wildman–Crippen LogP) is 0.830. The summed E-state index contributed by atoms with van der Waals surface area (Å²) in [7, 11) is 5.85. The van der Waals surface area contributed by atoms with Crippen molar-refractivity contribution < 1.29 is 161 Å². The third-order valence-electron chi connectivity index (χ3n) is 25.9. The number of aliphatic carboxylic acids is 2. The Kier molecular flexibility index (Phi) is 23.6. The lowest BCUT2D eigenvalue weighted by Crippen LogP contribution is -2.74. The molecule has 3 saturated heterocycles. The van der Waals surface area contributed by atoms with E-state index in [1.54, 1.807) is 24.3 Å². The van der Waals surface area contributed by atoms with Gasteiger partial charge in [-0.15, -0.1) is 0 Å². The number of carboxylic acid groups (broad SMARTS) is 2. The molecule has 37 heteroatoms. The van der Waals surface area contributed by atoms with Gasteiger partial charge in [-0.2, -0.15) is 0 Å². The van der Waals surface area contributed by atoms with E-state index in [0.717, 1.165) is 41.7 Å². The Morgan fingerprint density at radius 3 is 1.21 bits per heavy atom. The molecule has 3 fully saturated rings. The van der Waals surface area contributed by atoms with E-state index in [2.05, 4.69) is 20.0 Å². The molecule has 1 amide bonds. The van der Waals surface area contributed by atoms with E-state index in [9.17, 15) is 103 Å². The smallest absolute Gasteiger partial charge is 0.348 e. The van der Waals surface area contributed by atoms with Crippen LogP contribution in [0.5, 0.6) is 34.5 Å². The van der Waals surface area contributed by atoms with Gasteiger partial charge in [0.25, 0.3) is 5.91 Å². The number of Topliss-reactive ketones (excluding diaryl/α,β-unsaturated/α-hetero) is 3. The fourth-order valence-electron chi connectivity index (χ4n) is 19.9. The Morgan fingerprint density at radius 1 is 0.467 bits per heavy atom. The fraction of sp³-hybridized carbons (Fsp3) is 0.554. The normalized spacial score (nSPS) is 29.5. The third-order valence-corrected chi connectivity index (χ3v) is 25.9. The highest BCUT2D eigenvalue weighted by Gasteiger charge is 2.75. The number of benzene rings is 3. The van der Waals surface area contributed by atoms with E-state index in [4.69, 9.17) is 57.6 Å². The number of ether oxygens (including phenoxy) is 10. The summed E-state index contributed by atoms with van der Waals surface area (Å²) in [6, 6.07) is 8.70. The molecule has 120 heavy (non-hydrogen) atoms. The van der Waals surface area contributed by atoms with Crippen molar-refractivity contribution in [2.75, 3.05) is 40.8 Å². The quantitative estimate of drug-likeness (QED) is 0.0392. The number of aliphatic hydroxyl groups excluding tert-OH is 2. The van der Waals surface area contributed by atoms with Gasteiger partial charge >= 0.3 is 53.7 Å². The molecule has 6 heterocycles. The summed E-state index contributed by atoms with van der Waals surface area (Å²) in [4.78, 5) is 162. The number of hydrogen-bond acceptors (Lipinski definition) is 34. The van der Waals surface area contributed by atoms with E-state index in [1.165, 1.54) is 39.8 Å². The van der Waals surface area contributed by atoms with Gasteiger partial charge in [-0.1, -0.05) is 18.2 Å². The number of aromatic hydroxyl groups is 3. The highest BCUT2D eigenvalue weighted by atomic mass is 16.6. The third kappa shape index (κ3) is 14.7. The number of phenolic OH excluding ortho intramolecular Hbond substituents is 3. The summed E-state index contributed by atoms with van der Waals surface area (Å²) in [6.07, 6.45) is -8.01. The van der Waals surface area contributed by atoms with E-state index in [1.807, 2.05) is 39.3 Å². The summed E-state index contributed by atoms with van der Waals surface area (Å²) in [6.45, 7) is 9.42. The van der Waals surface area contributed by atoms with Crippen molar-refractivity contribution in [2.24, 2.45) is 0 Å². The van der Waals surface area contributed by atoms with Crippen LogP contribution in [0.1, 0.15) is 152 Å². The molecule has 6 bridgehead atoms. The molecule has 37 nitrogen and oxygen atoms in total. The molecule has 15 rings (SSSR count). The number of nitrogens with zero attached hydrogens (tertiary/aromatic N) is 3. The SMILES string of the molecule is CC(=O)C[C@H](OC(=O)[C@H](C)OC(=O)CCC(=O)OC1=CC[C@@]2(O)[C@H]3Cc4ccc(O)c5c4[C@@]2(CCN3C)[C@H]1O5)C(=O)O.CC(=O)[C@H](C)NC(=O)[C@H](C)OC(=O)C[C@H](O)C(=O)OC1=CC[C@@]2(O)[C@H]3Cc4ccc(O)c5c4[C@@]2(CCN3C)[C@H]1O5.CC(=O)[C@H](CC(=O)O)OC(=O)C[C@H](O)C(=O)OC1=CC[C@@]2(O)[C@H]3Cc4ccc(O)c5c4[C@@]2(CCN3C)[C@H]1O5. The second kappa shape index (κ2) is 32.6. The lowest BCUT2D eigenvalue weighted by Gasteiger charge is -2.61. The number of carbonyl (C=O) groups is 13. The van der Waals surface area contributed by atoms with Crippen molar-refractivity contribution in [3.8, 4) is 34.5 Å². The van der Waals surface area contributed by atoms with Crippen LogP contribution in [0.3, 0.4) is 0 Å². The number of rotatable bonds is 26. The zero-order chi connectivity index (χ0) is 87.3. The number of carbonyl (C=O) groups excluding carboxylic acids is 11. The number of nitrogens with one attached hydrogen (secondary N) is 1. The first kappa shape index (κ1) is 86.9. The molecule has 0 saturated carbocycles. The van der Waals surface area contributed by atoms with Gasteiger partial charge in [0.15, 0.2) is 94.9 Å². The summed E-state index contributed by atoms with van der Waals surface area (Å²) < 4.78 is 54.9. The van der Waals surface area contributed by atoms with Gasteiger partial charge in [0, 0.05) is 54.1 Å². The molecule has 6 aliphatic carbocycles. The number of phenols is 3. The predicted molar refractivity (Wildman–Crippen MR) is 404 cm³/mol. The first-order valence-corrected chi connectivity index (χ1v) is 39.5. The average Bonchev–Trinajstić information content (AvgIpc) is 1.47. The molecule has 646 valence electrons. The number of ketones is 3. The Balaban J connectivity index is 0.000000156. The summed E-state index contributed by atoms with van der Waals surface area (Å²) in [5.74, 6) is -11.5. The van der Waals surface area contributed by atoms with Crippen LogP contribution in [0, 0.1) is 0 Å². The van der Waals surface area contributed by atoms with Crippen LogP contribution in [0.4, 0.5) is 0 Å². The fourth-order valence-corrected chi connectivity index (χ4v) is 19.9. The molecule has 0 aromatic heterocycles. The number of esters is 7. The monoisotopic (exact) mass is 1680 g/mol. The van der Waals surface area contributed by atoms with E-state index < -0.39 is 204 Å². The minimum atomic E-state index is -1.97. The zero-order valence-corrected chi connectivity index (χ0v) is 67.1. The number of piperidine rings is 3. The molecule has 11 N–H and O–H groups in total. The number of aliphatic hydroxyl groups is 5. The maximum absolute atomic E-state index is 12.9. The Labute approximate surface area is 685 Å². The molecule has 0 radical (unpaired) electrons. The molecular weight excluding hydrogens is 1580 g/mol. The molecule has 3 aromatic rings. The maximum atomic E-state index is 12.9. The Bertz CT molecular complexity index is 4900. The number of hydrogen-bond donors (Lipinski definition) is 11. The second-order valence-corrected chi connectivity index (χ2v) is 33.0. The van der Waals surface area contributed by atoms with Crippen LogP contribution in [-0.4, -0.2) is 279 Å². The first-order valence-electron chi connectivity index (χ1n) is 39.5. The topological polar surface area (TPSA) is 538 Å². The number of amides is 1. The van der Waals surface area contributed by atoms with Crippen LogP contribution in [0.25, 0.3) is 0 Å². The largest absolute Gasteiger partial charge is 0.504 e.